The van der Waals surface area contributed by atoms with E-state index in [0.29, 0.717) is 0 Å². The van der Waals surface area contributed by atoms with Gasteiger partial charge in [-0.25, -0.2) is 9.59 Å². The third kappa shape index (κ3) is 3.31. The molecule has 0 aromatic heterocycles. The molecule has 5 nitrogen and oxygen atoms in total. The Morgan fingerprint density at radius 2 is 1.57 bits per heavy atom. The van der Waals surface area contributed by atoms with E-state index in [-0.39, 0.29) is 18.6 Å². The molecule has 0 aliphatic heterocycles. The predicted molar refractivity (Wildman–Crippen MR) is 106 cm³/mol. The van der Waals surface area contributed by atoms with E-state index in [1.807, 2.05) is 36.4 Å². The van der Waals surface area contributed by atoms with Crippen LogP contribution in [0.4, 0.5) is 0 Å². The minimum Gasteiger partial charge on any atom is -0.480 e. The lowest BCUT2D eigenvalue weighted by atomic mass is 9.98. The molecule has 1 atom stereocenters. The number of carboxylic acids is 1. The Kier molecular flexibility index (Phi) is 5.18. The zero-order chi connectivity index (χ0) is 19.7. The minimum absolute atomic E-state index is 0.0671. The lowest BCUT2D eigenvalue weighted by Gasteiger charge is -2.29. The van der Waals surface area contributed by atoms with Crippen LogP contribution >= 0.6 is 0 Å². The van der Waals surface area contributed by atoms with Crippen molar-refractivity contribution < 1.29 is 19.4 Å². The zero-order valence-electron chi connectivity index (χ0n) is 16.0. The van der Waals surface area contributed by atoms with Gasteiger partial charge in [0, 0.05) is 12.0 Å². The summed E-state index contributed by atoms with van der Waals surface area (Å²) in [6.45, 7) is 0.148. The smallest absolute Gasteiger partial charge is 0.335 e. The van der Waals surface area contributed by atoms with Crippen LogP contribution in [0, 0.1) is 0 Å². The Balaban J connectivity index is 1.52. The molecule has 4 rings (SSSR count). The number of aliphatic carboxylic acids is 1. The summed E-state index contributed by atoms with van der Waals surface area (Å²) in [5, 5.41) is 9.64. The second kappa shape index (κ2) is 7.76. The molecule has 0 bridgehead atoms. The maximum Gasteiger partial charge on any atom is 0.335 e. The summed E-state index contributed by atoms with van der Waals surface area (Å²) in [5.74, 6) is -1.89. The third-order valence-electron chi connectivity index (χ3n) is 6.12. The fourth-order valence-electron chi connectivity index (χ4n) is 4.65. The first-order valence-electron chi connectivity index (χ1n) is 9.87. The molecule has 2 aromatic carbocycles. The predicted octanol–water partition coefficient (Wildman–Crippen LogP) is 3.67. The van der Waals surface area contributed by atoms with Gasteiger partial charge in [0.2, 0.25) is 6.04 Å². The van der Waals surface area contributed by atoms with E-state index >= 15 is 0 Å². The molecule has 0 radical (unpaired) electrons. The Bertz CT molecular complexity index is 842. The van der Waals surface area contributed by atoms with E-state index in [9.17, 15) is 14.7 Å². The van der Waals surface area contributed by atoms with Crippen LogP contribution in [-0.2, 0) is 14.3 Å². The minimum atomic E-state index is -1.25. The van der Waals surface area contributed by atoms with E-state index in [1.54, 1.807) is 11.9 Å². The van der Waals surface area contributed by atoms with Gasteiger partial charge in [-0.15, -0.1) is 0 Å². The number of esters is 1. The molecule has 1 saturated carbocycles. The number of benzene rings is 2. The van der Waals surface area contributed by atoms with Crippen LogP contribution in [0.15, 0.2) is 48.5 Å². The van der Waals surface area contributed by atoms with Crippen molar-refractivity contribution in [2.45, 2.75) is 43.7 Å². The highest BCUT2D eigenvalue weighted by Crippen LogP contribution is 2.44. The van der Waals surface area contributed by atoms with Gasteiger partial charge in [-0.05, 0) is 42.1 Å². The van der Waals surface area contributed by atoms with Gasteiger partial charge in [0.1, 0.15) is 6.61 Å². The van der Waals surface area contributed by atoms with E-state index < -0.39 is 18.0 Å². The number of likely N-dealkylation sites (N-methyl/N-ethyl adjacent to an activating group) is 1. The molecule has 0 heterocycles. The summed E-state index contributed by atoms with van der Waals surface area (Å²) in [5.41, 5.74) is 4.54. The number of fused-ring (bicyclic) bond motifs is 3. The first kappa shape index (κ1) is 18.7. The molecular weight excluding hydrogens is 354 g/mol. The number of ether oxygens (including phenoxy) is 1. The molecule has 0 unspecified atom stereocenters. The standard InChI is InChI=1S/C23H25NO4/c1-24(15-8-2-3-9-15)21(22(25)26)23(27)28-14-20-18-12-6-4-10-16(18)17-11-5-7-13-19(17)20/h4-7,10-13,15,20-21H,2-3,8-9,14H2,1H3,(H,25,26)/t21-/m1/s1. The van der Waals surface area contributed by atoms with Crippen LogP contribution < -0.4 is 0 Å². The SMILES string of the molecule is CN(C1CCCC1)[C@H](C(=O)O)C(=O)OCC1c2ccccc2-c2ccccc21. The summed E-state index contributed by atoms with van der Waals surface area (Å²) in [6.07, 6.45) is 4.01. The van der Waals surface area contributed by atoms with Crippen molar-refractivity contribution in [2.24, 2.45) is 0 Å². The lowest BCUT2D eigenvalue weighted by molar-refractivity contribution is -0.161. The highest BCUT2D eigenvalue weighted by Gasteiger charge is 2.38. The molecular formula is C23H25NO4. The molecule has 146 valence electrons. The van der Waals surface area contributed by atoms with Crippen molar-refractivity contribution in [3.63, 3.8) is 0 Å². The van der Waals surface area contributed by atoms with E-state index in [2.05, 4.69) is 12.1 Å². The van der Waals surface area contributed by atoms with Gasteiger partial charge < -0.3 is 9.84 Å². The maximum atomic E-state index is 12.7. The summed E-state index contributed by atoms with van der Waals surface area (Å²) in [4.78, 5) is 26.2. The molecule has 2 aliphatic carbocycles. The lowest BCUT2D eigenvalue weighted by Crippen LogP contribution is -2.49. The van der Waals surface area contributed by atoms with Gasteiger partial charge in [-0.3, -0.25) is 4.90 Å². The third-order valence-corrected chi connectivity index (χ3v) is 6.12. The second-order valence-electron chi connectivity index (χ2n) is 7.70. The topological polar surface area (TPSA) is 66.8 Å². The number of hydrogen-bond acceptors (Lipinski definition) is 4. The number of carbonyl (C=O) groups is 2. The Morgan fingerprint density at radius 3 is 2.11 bits per heavy atom. The van der Waals surface area contributed by atoms with Gasteiger partial charge >= 0.3 is 11.9 Å². The Labute approximate surface area is 164 Å². The Hall–Kier alpha value is -2.66. The number of hydrogen-bond donors (Lipinski definition) is 1. The number of carboxylic acid groups (broad SMARTS) is 1. The molecule has 28 heavy (non-hydrogen) atoms. The number of nitrogens with zero attached hydrogens (tertiary/aromatic N) is 1. The second-order valence-corrected chi connectivity index (χ2v) is 7.70. The summed E-state index contributed by atoms with van der Waals surface area (Å²) in [6, 6.07) is 15.1. The van der Waals surface area contributed by atoms with Crippen molar-refractivity contribution in [2.75, 3.05) is 13.7 Å². The van der Waals surface area contributed by atoms with Gasteiger partial charge in [0.25, 0.3) is 0 Å². The monoisotopic (exact) mass is 379 g/mol. The fourth-order valence-corrected chi connectivity index (χ4v) is 4.65. The highest BCUT2D eigenvalue weighted by molar-refractivity contribution is 5.98. The van der Waals surface area contributed by atoms with E-state index in [4.69, 9.17) is 4.74 Å². The molecule has 1 N–H and O–H groups in total. The van der Waals surface area contributed by atoms with Crippen molar-refractivity contribution >= 4 is 11.9 Å². The average molecular weight is 379 g/mol. The zero-order valence-corrected chi connectivity index (χ0v) is 16.0. The van der Waals surface area contributed by atoms with Gasteiger partial charge in [0.15, 0.2) is 0 Å². The molecule has 0 spiro atoms. The van der Waals surface area contributed by atoms with Gasteiger partial charge in [0.05, 0.1) is 0 Å². The van der Waals surface area contributed by atoms with Crippen LogP contribution in [0.2, 0.25) is 0 Å². The van der Waals surface area contributed by atoms with Crippen molar-refractivity contribution in [1.29, 1.82) is 0 Å². The van der Waals surface area contributed by atoms with Gasteiger partial charge in [-0.1, -0.05) is 61.4 Å². The normalized spacial score (nSPS) is 17.4. The largest absolute Gasteiger partial charge is 0.480 e. The van der Waals surface area contributed by atoms with Crippen LogP contribution in [0.25, 0.3) is 11.1 Å². The highest BCUT2D eigenvalue weighted by atomic mass is 16.5. The fraction of sp³-hybridized carbons (Fsp3) is 0.391. The van der Waals surface area contributed by atoms with E-state index in [1.165, 1.54) is 0 Å². The quantitative estimate of drug-likeness (QED) is 0.613. The van der Waals surface area contributed by atoms with E-state index in [0.717, 1.165) is 47.9 Å². The maximum absolute atomic E-state index is 12.7. The van der Waals surface area contributed by atoms with Gasteiger partial charge in [-0.2, -0.15) is 0 Å². The van der Waals surface area contributed by atoms with Crippen LogP contribution in [0.5, 0.6) is 0 Å². The number of carbonyl (C=O) groups excluding carboxylic acids is 1. The first-order valence-corrected chi connectivity index (χ1v) is 9.87. The Morgan fingerprint density at radius 1 is 1.04 bits per heavy atom. The van der Waals surface area contributed by atoms with Crippen LogP contribution in [0.3, 0.4) is 0 Å². The van der Waals surface area contributed by atoms with Crippen molar-refractivity contribution in [3.8, 4) is 11.1 Å². The molecule has 0 saturated heterocycles. The van der Waals surface area contributed by atoms with Crippen molar-refractivity contribution in [3.05, 3.63) is 59.7 Å². The molecule has 0 amide bonds. The molecule has 2 aliphatic rings. The summed E-state index contributed by atoms with van der Waals surface area (Å²) in [7, 11) is 1.72. The summed E-state index contributed by atoms with van der Waals surface area (Å²) >= 11 is 0. The summed E-state index contributed by atoms with van der Waals surface area (Å²) < 4.78 is 5.58. The first-order chi connectivity index (χ1) is 13.6. The van der Waals surface area contributed by atoms with Crippen LogP contribution in [0.1, 0.15) is 42.7 Å². The van der Waals surface area contributed by atoms with Crippen molar-refractivity contribution in [1.82, 2.24) is 4.90 Å². The van der Waals surface area contributed by atoms with Crippen LogP contribution in [-0.4, -0.2) is 47.7 Å². The average Bonchev–Trinajstić information content (AvgIpc) is 3.33. The number of rotatable bonds is 6. The molecule has 1 fully saturated rings. The molecule has 2 aromatic rings. The molecule has 5 heteroatoms.